The number of ether oxygens (including phenoxy) is 1. The number of carbonyl (C=O) groups is 2. The summed E-state index contributed by atoms with van der Waals surface area (Å²) in [5, 5.41) is 25.3. The van der Waals surface area contributed by atoms with Gasteiger partial charge >= 0.3 is 12.0 Å². The van der Waals surface area contributed by atoms with E-state index in [0.717, 1.165) is 25.5 Å². The van der Waals surface area contributed by atoms with Gasteiger partial charge in [-0.15, -0.1) is 0 Å². The summed E-state index contributed by atoms with van der Waals surface area (Å²) in [5.41, 5.74) is 1.77. The van der Waals surface area contributed by atoms with E-state index in [2.05, 4.69) is 27.9 Å². The van der Waals surface area contributed by atoms with Crippen molar-refractivity contribution in [3.63, 3.8) is 0 Å². The van der Waals surface area contributed by atoms with Crippen LogP contribution in [-0.2, 0) is 16.1 Å². The van der Waals surface area contributed by atoms with Crippen LogP contribution in [-0.4, -0.2) is 52.0 Å². The molecular weight excluding hydrogens is 559 g/mol. The van der Waals surface area contributed by atoms with Gasteiger partial charge in [0, 0.05) is 10.1 Å². The Hall–Kier alpha value is -2.69. The van der Waals surface area contributed by atoms with E-state index in [4.69, 9.17) is 4.74 Å². The van der Waals surface area contributed by atoms with Gasteiger partial charge in [-0.1, -0.05) is 48.5 Å². The highest BCUT2D eigenvalue weighted by atomic mass is 127. The molecule has 0 aliphatic carbocycles. The van der Waals surface area contributed by atoms with Crippen LogP contribution >= 0.6 is 22.6 Å². The van der Waals surface area contributed by atoms with Gasteiger partial charge in [0.25, 0.3) is 0 Å². The molecule has 0 unspecified atom stereocenters. The first-order chi connectivity index (χ1) is 16.8. The normalized spacial score (nSPS) is 21.4. The summed E-state index contributed by atoms with van der Waals surface area (Å²) >= 11 is 2.20. The summed E-state index contributed by atoms with van der Waals surface area (Å²) in [6.45, 7) is 3.17. The Morgan fingerprint density at radius 1 is 1.11 bits per heavy atom. The first kappa shape index (κ1) is 25.4. The van der Waals surface area contributed by atoms with E-state index in [0.29, 0.717) is 0 Å². The molecule has 0 bridgehead atoms. The molecule has 0 spiro atoms. The van der Waals surface area contributed by atoms with Gasteiger partial charge < -0.3 is 25.2 Å². The highest BCUT2D eigenvalue weighted by Gasteiger charge is 2.50. The molecule has 7 nitrogen and oxygen atoms in total. The first-order valence-electron chi connectivity index (χ1n) is 11.6. The van der Waals surface area contributed by atoms with E-state index in [1.807, 2.05) is 73.7 Å². The van der Waals surface area contributed by atoms with Gasteiger partial charge in [-0.05, 0) is 76.5 Å². The highest BCUT2D eigenvalue weighted by molar-refractivity contribution is 14.1. The largest absolute Gasteiger partial charge is 0.461 e. The number of hydrogen-bond donors (Lipinski definition) is 3. The molecule has 5 atom stereocenters. The van der Waals surface area contributed by atoms with E-state index >= 15 is 0 Å². The van der Waals surface area contributed by atoms with E-state index in [1.165, 1.54) is 4.90 Å². The van der Waals surface area contributed by atoms with Gasteiger partial charge in [-0.3, -0.25) is 0 Å². The smallest absolute Gasteiger partial charge is 0.329 e. The van der Waals surface area contributed by atoms with Gasteiger partial charge in [0.2, 0.25) is 0 Å². The Balaban J connectivity index is 1.63. The number of aliphatic hydroxyl groups excluding tert-OH is 2. The lowest BCUT2D eigenvalue weighted by Gasteiger charge is -2.33. The second-order valence-corrected chi connectivity index (χ2v) is 10.2. The van der Waals surface area contributed by atoms with Crippen LogP contribution < -0.4 is 5.32 Å². The lowest BCUT2D eigenvalue weighted by Crippen LogP contribution is -2.53. The van der Waals surface area contributed by atoms with Gasteiger partial charge in [0.1, 0.15) is 12.1 Å². The molecule has 1 aliphatic heterocycles. The number of urea groups is 1. The minimum atomic E-state index is -1.20. The molecule has 0 aromatic heterocycles. The van der Waals surface area contributed by atoms with E-state index in [-0.39, 0.29) is 12.6 Å². The van der Waals surface area contributed by atoms with Crippen molar-refractivity contribution in [3.8, 4) is 0 Å². The third-order valence-electron chi connectivity index (χ3n) is 6.56. The van der Waals surface area contributed by atoms with Crippen molar-refractivity contribution in [1.82, 2.24) is 10.2 Å². The van der Waals surface area contributed by atoms with Crippen molar-refractivity contribution in [3.05, 3.63) is 81.4 Å². The topological polar surface area (TPSA) is 99.1 Å². The maximum absolute atomic E-state index is 13.6. The Bertz CT molecular complexity index is 1200. The molecule has 1 heterocycles. The molecule has 3 N–H and O–H groups in total. The summed E-state index contributed by atoms with van der Waals surface area (Å²) in [5.74, 6) is -1.34. The van der Waals surface area contributed by atoms with Gasteiger partial charge in [-0.25, -0.2) is 9.59 Å². The number of fused-ring (bicyclic) bond motifs is 1. The van der Waals surface area contributed by atoms with Gasteiger partial charge in [-0.2, -0.15) is 0 Å². The number of rotatable bonds is 7. The van der Waals surface area contributed by atoms with Crippen LogP contribution in [0.2, 0.25) is 0 Å². The molecule has 1 aliphatic rings. The number of halogens is 1. The minimum Gasteiger partial charge on any atom is -0.461 e. The number of aliphatic hydroxyl groups is 2. The third kappa shape index (κ3) is 5.60. The summed E-state index contributed by atoms with van der Waals surface area (Å²) in [6.07, 6.45) is -1.84. The SMILES string of the molecule is C[C@@H](NC(=O)N(Cc1ccc(I)cc1)[C@H]1C(=O)O[C@H](C)[C@H]1[C@H](O)CO)c1ccc2ccccc2c1. The van der Waals surface area contributed by atoms with Crippen LogP contribution in [0.5, 0.6) is 0 Å². The number of benzene rings is 3. The Labute approximate surface area is 218 Å². The minimum absolute atomic E-state index is 0.147. The van der Waals surface area contributed by atoms with Crippen LogP contribution in [0, 0.1) is 9.49 Å². The first-order valence-corrected chi connectivity index (χ1v) is 12.7. The fourth-order valence-electron chi connectivity index (χ4n) is 4.64. The molecule has 2 amide bonds. The number of hydrogen-bond acceptors (Lipinski definition) is 5. The zero-order valence-electron chi connectivity index (χ0n) is 19.6. The molecular formula is C27H29IN2O5. The lowest BCUT2D eigenvalue weighted by atomic mass is 9.90. The fraction of sp³-hybridized carbons (Fsp3) is 0.333. The van der Waals surface area contributed by atoms with Crippen LogP contribution in [0.4, 0.5) is 4.79 Å². The summed E-state index contributed by atoms with van der Waals surface area (Å²) in [6, 6.07) is 19.9. The maximum Gasteiger partial charge on any atom is 0.329 e. The summed E-state index contributed by atoms with van der Waals surface area (Å²) in [7, 11) is 0. The van der Waals surface area contributed by atoms with Gasteiger partial charge in [0.15, 0.2) is 0 Å². The van der Waals surface area contributed by atoms with Crippen molar-refractivity contribution in [1.29, 1.82) is 0 Å². The van der Waals surface area contributed by atoms with E-state index < -0.39 is 42.8 Å². The van der Waals surface area contributed by atoms with Crippen LogP contribution in [0.25, 0.3) is 10.8 Å². The van der Waals surface area contributed by atoms with Crippen molar-refractivity contribution >= 4 is 45.4 Å². The van der Waals surface area contributed by atoms with Crippen LogP contribution in [0.3, 0.4) is 0 Å². The second-order valence-electron chi connectivity index (χ2n) is 8.95. The molecule has 0 saturated carbocycles. The average molecular weight is 588 g/mol. The Morgan fingerprint density at radius 2 is 1.80 bits per heavy atom. The van der Waals surface area contributed by atoms with Crippen molar-refractivity contribution in [2.75, 3.05) is 6.61 Å². The number of cyclic esters (lactones) is 1. The number of esters is 1. The summed E-state index contributed by atoms with van der Waals surface area (Å²) in [4.78, 5) is 27.9. The number of nitrogens with zero attached hydrogens (tertiary/aromatic N) is 1. The van der Waals surface area contributed by atoms with Crippen molar-refractivity contribution < 1.29 is 24.5 Å². The third-order valence-corrected chi connectivity index (χ3v) is 7.28. The average Bonchev–Trinajstić information content (AvgIpc) is 3.15. The van der Waals surface area contributed by atoms with E-state index in [1.54, 1.807) is 6.92 Å². The predicted octanol–water partition coefficient (Wildman–Crippen LogP) is 4.00. The molecule has 0 radical (unpaired) electrons. The molecule has 8 heteroatoms. The number of carbonyl (C=O) groups excluding carboxylic acids is 2. The molecule has 4 rings (SSSR count). The quantitative estimate of drug-likeness (QED) is 0.287. The molecule has 35 heavy (non-hydrogen) atoms. The number of amides is 2. The van der Waals surface area contributed by atoms with Gasteiger partial charge in [0.05, 0.1) is 24.7 Å². The monoisotopic (exact) mass is 588 g/mol. The molecule has 1 fully saturated rings. The predicted molar refractivity (Wildman–Crippen MR) is 142 cm³/mol. The zero-order valence-corrected chi connectivity index (χ0v) is 21.8. The molecule has 3 aromatic rings. The fourth-order valence-corrected chi connectivity index (χ4v) is 5.00. The van der Waals surface area contributed by atoms with Crippen molar-refractivity contribution in [2.24, 2.45) is 5.92 Å². The standard InChI is InChI=1S/C27H29IN2O5/c1-16(20-10-9-19-5-3-4-6-21(19)13-20)29-27(34)30(14-18-7-11-22(28)12-8-18)25-24(23(32)15-31)17(2)35-26(25)33/h3-13,16-17,23-25,31-32H,14-15H2,1-2H3,(H,29,34)/t16-,17-,23-,24+,25-/m1/s1. The van der Waals surface area contributed by atoms with Crippen molar-refractivity contribution in [2.45, 2.75) is 44.7 Å². The highest BCUT2D eigenvalue weighted by Crippen LogP contribution is 2.31. The van der Waals surface area contributed by atoms with E-state index in [9.17, 15) is 19.8 Å². The summed E-state index contributed by atoms with van der Waals surface area (Å²) < 4.78 is 6.45. The molecule has 1 saturated heterocycles. The zero-order chi connectivity index (χ0) is 25.1. The molecule has 184 valence electrons. The van der Waals surface area contributed by atoms with Crippen LogP contribution in [0.1, 0.15) is 31.0 Å². The Kier molecular flexibility index (Phi) is 7.93. The maximum atomic E-state index is 13.6. The molecule has 3 aromatic carbocycles. The Morgan fingerprint density at radius 3 is 2.49 bits per heavy atom. The lowest BCUT2D eigenvalue weighted by molar-refractivity contribution is -0.144. The second kappa shape index (κ2) is 10.9. The van der Waals surface area contributed by atoms with Crippen LogP contribution in [0.15, 0.2) is 66.7 Å². The number of nitrogens with one attached hydrogen (secondary N) is 1.